The van der Waals surface area contributed by atoms with E-state index in [9.17, 15) is 13.2 Å². The first kappa shape index (κ1) is 20.2. The predicted octanol–water partition coefficient (Wildman–Crippen LogP) is 3.37. The normalized spacial score (nSPS) is 19.4. The molecule has 0 aromatic heterocycles. The second kappa shape index (κ2) is 8.05. The van der Waals surface area contributed by atoms with Gasteiger partial charge in [0.05, 0.1) is 4.90 Å². The Morgan fingerprint density at radius 1 is 1.32 bits per heavy atom. The highest BCUT2D eigenvalue weighted by molar-refractivity contribution is 9.10. The molecule has 1 heterocycles. The molecule has 8 heteroatoms. The Morgan fingerprint density at radius 3 is 2.56 bits per heavy atom. The molecule has 6 nitrogen and oxygen atoms in total. The SMILES string of the molecule is CC(C)(C)OC(=O)NCC1CCCN(S(=O)(=O)c2ccc(Br)cc2)C1. The fourth-order valence-corrected chi connectivity index (χ4v) is 4.53. The van der Waals surface area contributed by atoms with Gasteiger partial charge in [0.25, 0.3) is 0 Å². The number of halogens is 1. The van der Waals surface area contributed by atoms with Crippen molar-refractivity contribution in [2.45, 2.75) is 44.1 Å². The molecule has 0 saturated carbocycles. The number of hydrogen-bond donors (Lipinski definition) is 1. The number of carbonyl (C=O) groups excluding carboxylic acids is 1. The topological polar surface area (TPSA) is 75.7 Å². The first-order valence-electron chi connectivity index (χ1n) is 8.30. The third kappa shape index (κ3) is 5.97. The molecule has 1 aromatic rings. The molecule has 0 radical (unpaired) electrons. The lowest BCUT2D eigenvalue weighted by Crippen LogP contribution is -2.44. The number of benzene rings is 1. The van der Waals surface area contributed by atoms with Gasteiger partial charge in [-0.1, -0.05) is 15.9 Å². The fourth-order valence-electron chi connectivity index (χ4n) is 2.71. The summed E-state index contributed by atoms with van der Waals surface area (Å²) >= 11 is 3.31. The van der Waals surface area contributed by atoms with Gasteiger partial charge in [0.15, 0.2) is 0 Å². The van der Waals surface area contributed by atoms with Crippen LogP contribution >= 0.6 is 15.9 Å². The summed E-state index contributed by atoms with van der Waals surface area (Å²) in [6, 6.07) is 6.64. The number of rotatable bonds is 4. The van der Waals surface area contributed by atoms with Crippen LogP contribution in [0.4, 0.5) is 4.79 Å². The van der Waals surface area contributed by atoms with Gasteiger partial charge in [0.1, 0.15) is 5.60 Å². The van der Waals surface area contributed by atoms with Crippen LogP contribution in [0.5, 0.6) is 0 Å². The van der Waals surface area contributed by atoms with Crippen molar-refractivity contribution in [2.24, 2.45) is 5.92 Å². The minimum atomic E-state index is -3.51. The molecular weight excluding hydrogens is 408 g/mol. The maximum Gasteiger partial charge on any atom is 0.407 e. The highest BCUT2D eigenvalue weighted by Crippen LogP contribution is 2.24. The summed E-state index contributed by atoms with van der Waals surface area (Å²) in [5.41, 5.74) is -0.548. The van der Waals surface area contributed by atoms with Crippen molar-refractivity contribution in [3.8, 4) is 0 Å². The predicted molar refractivity (Wildman–Crippen MR) is 99.9 cm³/mol. The molecule has 1 N–H and O–H groups in total. The molecule has 140 valence electrons. The maximum absolute atomic E-state index is 12.8. The van der Waals surface area contributed by atoms with E-state index in [4.69, 9.17) is 4.74 Å². The Hall–Kier alpha value is -1.12. The molecule has 1 aliphatic heterocycles. The molecule has 1 fully saturated rings. The molecule has 0 bridgehead atoms. The van der Waals surface area contributed by atoms with Crippen molar-refractivity contribution in [3.63, 3.8) is 0 Å². The molecule has 1 atom stereocenters. The molecular formula is C17H25BrN2O4S. The van der Waals surface area contributed by atoms with Gasteiger partial charge in [-0.2, -0.15) is 4.31 Å². The smallest absolute Gasteiger partial charge is 0.407 e. The Labute approximate surface area is 158 Å². The number of ether oxygens (including phenoxy) is 1. The number of amides is 1. The van der Waals surface area contributed by atoms with Crippen LogP contribution in [0.3, 0.4) is 0 Å². The van der Waals surface area contributed by atoms with Crippen molar-refractivity contribution >= 4 is 32.0 Å². The fraction of sp³-hybridized carbons (Fsp3) is 0.588. The zero-order valence-corrected chi connectivity index (χ0v) is 17.2. The summed E-state index contributed by atoms with van der Waals surface area (Å²) in [7, 11) is -3.51. The lowest BCUT2D eigenvalue weighted by molar-refractivity contribution is 0.0513. The van der Waals surface area contributed by atoms with E-state index in [0.717, 1.165) is 17.3 Å². The average Bonchev–Trinajstić information content (AvgIpc) is 2.52. The highest BCUT2D eigenvalue weighted by atomic mass is 79.9. The zero-order chi connectivity index (χ0) is 18.7. The minimum absolute atomic E-state index is 0.0755. The molecule has 25 heavy (non-hydrogen) atoms. The maximum atomic E-state index is 12.8. The van der Waals surface area contributed by atoms with Crippen molar-refractivity contribution in [1.29, 1.82) is 0 Å². The van der Waals surface area contributed by atoms with Crippen LogP contribution in [0, 0.1) is 5.92 Å². The monoisotopic (exact) mass is 432 g/mol. The summed E-state index contributed by atoms with van der Waals surface area (Å²) in [5.74, 6) is 0.0755. The van der Waals surface area contributed by atoms with Crippen LogP contribution in [0.2, 0.25) is 0 Å². The van der Waals surface area contributed by atoms with E-state index in [2.05, 4.69) is 21.2 Å². The zero-order valence-electron chi connectivity index (χ0n) is 14.8. The van der Waals surface area contributed by atoms with E-state index in [1.807, 2.05) is 0 Å². The molecule has 1 amide bonds. The van der Waals surface area contributed by atoms with Gasteiger partial charge in [-0.15, -0.1) is 0 Å². The largest absolute Gasteiger partial charge is 0.444 e. The Kier molecular flexibility index (Phi) is 6.51. The van der Waals surface area contributed by atoms with Crippen LogP contribution in [-0.2, 0) is 14.8 Å². The number of piperidine rings is 1. The molecule has 1 aromatic carbocycles. The first-order chi connectivity index (χ1) is 11.6. The van der Waals surface area contributed by atoms with Gasteiger partial charge in [-0.3, -0.25) is 0 Å². The molecule has 1 aliphatic rings. The second-order valence-electron chi connectivity index (χ2n) is 7.21. The molecule has 1 saturated heterocycles. The second-order valence-corrected chi connectivity index (χ2v) is 10.1. The Morgan fingerprint density at radius 2 is 1.96 bits per heavy atom. The van der Waals surface area contributed by atoms with E-state index in [1.54, 1.807) is 45.0 Å². The summed E-state index contributed by atoms with van der Waals surface area (Å²) in [6.07, 6.45) is 1.18. The van der Waals surface area contributed by atoms with Crippen molar-refractivity contribution in [2.75, 3.05) is 19.6 Å². The number of sulfonamides is 1. The van der Waals surface area contributed by atoms with E-state index >= 15 is 0 Å². The summed E-state index contributed by atoms with van der Waals surface area (Å²) < 4.78 is 33.1. The van der Waals surface area contributed by atoms with E-state index < -0.39 is 21.7 Å². The van der Waals surface area contributed by atoms with Crippen LogP contribution in [-0.4, -0.2) is 44.1 Å². The van der Waals surface area contributed by atoms with Crippen LogP contribution < -0.4 is 5.32 Å². The highest BCUT2D eigenvalue weighted by Gasteiger charge is 2.30. The lowest BCUT2D eigenvalue weighted by atomic mass is 10.00. The number of hydrogen-bond acceptors (Lipinski definition) is 4. The van der Waals surface area contributed by atoms with Gasteiger partial charge in [0, 0.05) is 24.1 Å². The summed E-state index contributed by atoms with van der Waals surface area (Å²) in [5, 5.41) is 2.74. The average molecular weight is 433 g/mol. The van der Waals surface area contributed by atoms with Crippen LogP contribution in [0.15, 0.2) is 33.6 Å². The summed E-state index contributed by atoms with van der Waals surface area (Å²) in [4.78, 5) is 12.1. The lowest BCUT2D eigenvalue weighted by Gasteiger charge is -2.32. The number of nitrogens with one attached hydrogen (secondary N) is 1. The van der Waals surface area contributed by atoms with Crippen LogP contribution in [0.25, 0.3) is 0 Å². The van der Waals surface area contributed by atoms with Crippen LogP contribution in [0.1, 0.15) is 33.6 Å². The number of carbonyl (C=O) groups is 1. The van der Waals surface area contributed by atoms with Crippen molar-refractivity contribution in [1.82, 2.24) is 9.62 Å². The quantitative estimate of drug-likeness (QED) is 0.790. The first-order valence-corrected chi connectivity index (χ1v) is 10.5. The van der Waals surface area contributed by atoms with E-state index in [-0.39, 0.29) is 10.8 Å². The third-order valence-electron chi connectivity index (χ3n) is 3.87. The van der Waals surface area contributed by atoms with E-state index in [1.165, 1.54) is 4.31 Å². The number of nitrogens with zero attached hydrogens (tertiary/aromatic N) is 1. The molecule has 2 rings (SSSR count). The Balaban J connectivity index is 1.96. The standard InChI is InChI=1S/C17H25BrN2O4S/c1-17(2,3)24-16(21)19-11-13-5-4-10-20(12-13)25(22,23)15-8-6-14(18)7-9-15/h6-9,13H,4-5,10-12H2,1-3H3,(H,19,21). The van der Waals surface area contributed by atoms with Crippen molar-refractivity contribution in [3.05, 3.63) is 28.7 Å². The van der Waals surface area contributed by atoms with Gasteiger partial charge in [-0.25, -0.2) is 13.2 Å². The third-order valence-corrected chi connectivity index (χ3v) is 6.28. The molecule has 0 aliphatic carbocycles. The van der Waals surface area contributed by atoms with Gasteiger partial charge in [0.2, 0.25) is 10.0 Å². The minimum Gasteiger partial charge on any atom is -0.444 e. The van der Waals surface area contributed by atoms with Gasteiger partial charge < -0.3 is 10.1 Å². The van der Waals surface area contributed by atoms with E-state index in [0.29, 0.717) is 19.6 Å². The van der Waals surface area contributed by atoms with Gasteiger partial charge >= 0.3 is 6.09 Å². The Bertz CT molecular complexity index is 698. The van der Waals surface area contributed by atoms with Gasteiger partial charge in [-0.05, 0) is 63.8 Å². The number of alkyl carbamates (subject to hydrolysis) is 1. The molecule has 1 unspecified atom stereocenters. The molecule has 0 spiro atoms. The van der Waals surface area contributed by atoms with Crippen molar-refractivity contribution < 1.29 is 17.9 Å². The summed E-state index contributed by atoms with van der Waals surface area (Å²) in [6.45, 7) is 6.72.